The van der Waals surface area contributed by atoms with Crippen LogP contribution in [-0.2, 0) is 0 Å². The molecule has 4 heteroatoms. The van der Waals surface area contributed by atoms with Gasteiger partial charge in [0, 0.05) is 27.1 Å². The van der Waals surface area contributed by atoms with Gasteiger partial charge in [-0.25, -0.2) is 4.98 Å². The number of rotatable bonds is 3. The van der Waals surface area contributed by atoms with Crippen molar-refractivity contribution in [3.8, 4) is 21.9 Å². The molecule has 0 saturated carbocycles. The van der Waals surface area contributed by atoms with Crippen LogP contribution in [0.15, 0.2) is 140 Å². The van der Waals surface area contributed by atoms with Gasteiger partial charge in [0.15, 0.2) is 0 Å². The molecule has 0 fully saturated rings. The predicted molar refractivity (Wildman–Crippen MR) is 174 cm³/mol. The summed E-state index contributed by atoms with van der Waals surface area (Å²) in [6.07, 6.45) is 0. The van der Waals surface area contributed by atoms with Gasteiger partial charge in [0.1, 0.15) is 10.5 Å². The lowest BCUT2D eigenvalue weighted by molar-refractivity contribution is 1.16. The highest BCUT2D eigenvalue weighted by Crippen LogP contribution is 2.42. The zero-order chi connectivity index (χ0) is 26.9. The topological polar surface area (TPSA) is 22.8 Å². The minimum Gasteiger partial charge on any atom is -0.308 e. The Morgan fingerprint density at radius 2 is 0.829 bits per heavy atom. The molecule has 9 aromatic rings. The highest BCUT2D eigenvalue weighted by atomic mass is 32.1. The Morgan fingerprint density at radius 3 is 1.34 bits per heavy atom. The van der Waals surface area contributed by atoms with E-state index in [-0.39, 0.29) is 0 Å². The van der Waals surface area contributed by atoms with Crippen molar-refractivity contribution in [1.82, 2.24) is 14.1 Å². The van der Waals surface area contributed by atoms with Crippen LogP contribution in [0.4, 0.5) is 0 Å². The molecule has 0 atom stereocenters. The molecule has 3 aromatic heterocycles. The molecule has 0 aliphatic heterocycles. The highest BCUT2D eigenvalue weighted by molar-refractivity contribution is 7.22. The van der Waals surface area contributed by atoms with Gasteiger partial charge in [-0.3, -0.25) is 0 Å². The van der Waals surface area contributed by atoms with Crippen molar-refractivity contribution < 1.29 is 0 Å². The van der Waals surface area contributed by atoms with Gasteiger partial charge in [-0.1, -0.05) is 103 Å². The fraction of sp³-hybridized carbons (Fsp3) is 0. The van der Waals surface area contributed by atoms with Crippen LogP contribution in [0.5, 0.6) is 0 Å². The van der Waals surface area contributed by atoms with Crippen molar-refractivity contribution in [2.45, 2.75) is 0 Å². The van der Waals surface area contributed by atoms with Crippen LogP contribution in [-0.4, -0.2) is 14.1 Å². The van der Waals surface area contributed by atoms with Gasteiger partial charge < -0.3 is 9.13 Å². The van der Waals surface area contributed by atoms with Crippen molar-refractivity contribution in [2.75, 3.05) is 0 Å². The summed E-state index contributed by atoms with van der Waals surface area (Å²) in [7, 11) is 0. The van der Waals surface area contributed by atoms with Crippen molar-refractivity contribution in [2.24, 2.45) is 0 Å². The molecule has 0 radical (unpaired) electrons. The molecular weight excluding hydrogens is 518 g/mol. The second-order valence-electron chi connectivity index (χ2n) is 10.4. The van der Waals surface area contributed by atoms with E-state index in [9.17, 15) is 0 Å². The minimum atomic E-state index is 1.01. The predicted octanol–water partition coefficient (Wildman–Crippen LogP) is 10.2. The van der Waals surface area contributed by atoms with E-state index in [0.717, 1.165) is 27.5 Å². The molecule has 41 heavy (non-hydrogen) atoms. The Bertz CT molecular complexity index is 2170. The van der Waals surface area contributed by atoms with Crippen LogP contribution in [0.1, 0.15) is 0 Å². The van der Waals surface area contributed by atoms with Gasteiger partial charge in [-0.2, -0.15) is 0 Å². The first kappa shape index (κ1) is 22.6. The number of hydrogen-bond donors (Lipinski definition) is 0. The number of hydrogen-bond acceptors (Lipinski definition) is 2. The summed E-state index contributed by atoms with van der Waals surface area (Å²) < 4.78 is 5.97. The quantitative estimate of drug-likeness (QED) is 0.218. The number of para-hydroxylation sites is 4. The Balaban J connectivity index is 1.43. The van der Waals surface area contributed by atoms with Crippen LogP contribution in [0, 0.1) is 0 Å². The molecular formula is C37H23N3S. The number of fused-ring (bicyclic) bond motifs is 7. The van der Waals surface area contributed by atoms with Crippen LogP contribution in [0.2, 0.25) is 0 Å². The van der Waals surface area contributed by atoms with E-state index in [1.165, 1.54) is 48.3 Å². The molecule has 0 N–H and O–H groups in total. The van der Waals surface area contributed by atoms with Crippen molar-refractivity contribution in [1.29, 1.82) is 0 Å². The zero-order valence-electron chi connectivity index (χ0n) is 22.0. The molecule has 3 heterocycles. The maximum absolute atomic E-state index is 5.37. The summed E-state index contributed by atoms with van der Waals surface area (Å²) in [6, 6.07) is 49.8. The van der Waals surface area contributed by atoms with Crippen molar-refractivity contribution in [3.05, 3.63) is 140 Å². The lowest BCUT2D eigenvalue weighted by Crippen LogP contribution is -1.99. The summed E-state index contributed by atoms with van der Waals surface area (Å²) in [5.41, 5.74) is 9.18. The van der Waals surface area contributed by atoms with Crippen LogP contribution < -0.4 is 0 Å². The molecule has 3 nitrogen and oxygen atoms in total. The third-order valence-electron chi connectivity index (χ3n) is 8.16. The first-order chi connectivity index (χ1) is 20.4. The summed E-state index contributed by atoms with van der Waals surface area (Å²) in [6.45, 7) is 0. The summed E-state index contributed by atoms with van der Waals surface area (Å²) in [5.74, 6) is 0. The largest absolute Gasteiger partial charge is 0.308 e. The molecule has 9 rings (SSSR count). The average molecular weight is 542 g/mol. The second kappa shape index (κ2) is 8.65. The van der Waals surface area contributed by atoms with Gasteiger partial charge in [0.25, 0.3) is 0 Å². The lowest BCUT2D eigenvalue weighted by Gasteiger charge is -2.13. The van der Waals surface area contributed by atoms with Gasteiger partial charge in [-0.05, 0) is 36.4 Å². The van der Waals surface area contributed by atoms with E-state index >= 15 is 0 Å². The molecule has 0 aliphatic carbocycles. The monoisotopic (exact) mass is 541 g/mol. The van der Waals surface area contributed by atoms with E-state index < -0.39 is 0 Å². The Kier molecular flexibility index (Phi) is 4.77. The third kappa shape index (κ3) is 3.22. The molecule has 192 valence electrons. The van der Waals surface area contributed by atoms with Crippen LogP contribution in [0.3, 0.4) is 0 Å². The maximum Gasteiger partial charge on any atom is 0.124 e. The second-order valence-corrected chi connectivity index (χ2v) is 11.4. The van der Waals surface area contributed by atoms with Crippen molar-refractivity contribution in [3.63, 3.8) is 0 Å². The fourth-order valence-electron chi connectivity index (χ4n) is 6.40. The Morgan fingerprint density at radius 1 is 0.415 bits per heavy atom. The standard InChI is InChI=1S/C37H23N3S/c1-2-12-24(13-3-1)37-38-35-33(39-29-18-8-4-14-25(29)26-15-5-9-19-30(26)39)22-23-34(36(35)41-37)40-31-20-10-6-16-27(31)28-17-7-11-21-32(28)40/h1-23H. The summed E-state index contributed by atoms with van der Waals surface area (Å²) in [4.78, 5) is 5.37. The van der Waals surface area contributed by atoms with Gasteiger partial charge in [-0.15, -0.1) is 11.3 Å². The van der Waals surface area contributed by atoms with Crippen molar-refractivity contribution >= 4 is 65.2 Å². The molecule has 6 aromatic carbocycles. The third-order valence-corrected chi connectivity index (χ3v) is 9.29. The highest BCUT2D eigenvalue weighted by Gasteiger charge is 2.21. The lowest BCUT2D eigenvalue weighted by atomic mass is 10.2. The zero-order valence-corrected chi connectivity index (χ0v) is 22.8. The molecule has 0 spiro atoms. The average Bonchev–Trinajstić information content (AvgIpc) is 3.73. The molecule has 0 bridgehead atoms. The molecule has 0 saturated heterocycles. The number of benzene rings is 6. The molecule has 0 unspecified atom stereocenters. The summed E-state index contributed by atoms with van der Waals surface area (Å²) in [5, 5.41) is 6.05. The van der Waals surface area contributed by atoms with E-state index in [4.69, 9.17) is 4.98 Å². The number of nitrogens with zero attached hydrogens (tertiary/aromatic N) is 3. The molecule has 0 aliphatic rings. The number of aromatic nitrogens is 3. The van der Waals surface area contributed by atoms with Gasteiger partial charge in [0.05, 0.1) is 38.1 Å². The first-order valence-electron chi connectivity index (χ1n) is 13.8. The normalized spacial score (nSPS) is 11.9. The van der Waals surface area contributed by atoms with E-state index in [2.05, 4.69) is 149 Å². The first-order valence-corrected chi connectivity index (χ1v) is 14.6. The smallest absolute Gasteiger partial charge is 0.124 e. The molecule has 0 amide bonds. The van der Waals surface area contributed by atoms with E-state index in [1.807, 2.05) is 0 Å². The van der Waals surface area contributed by atoms with E-state index in [0.29, 0.717) is 0 Å². The van der Waals surface area contributed by atoms with E-state index in [1.54, 1.807) is 11.3 Å². The van der Waals surface area contributed by atoms with Crippen LogP contribution in [0.25, 0.3) is 75.8 Å². The van der Waals surface area contributed by atoms with Gasteiger partial charge >= 0.3 is 0 Å². The number of thiazole rings is 1. The maximum atomic E-state index is 5.37. The Labute approximate surface area is 240 Å². The SMILES string of the molecule is c1ccc(-c2nc3c(-n4c5ccccc5c5ccccc54)ccc(-n4c5ccccc5c5ccccc54)c3s2)cc1. The summed E-state index contributed by atoms with van der Waals surface area (Å²) >= 11 is 1.77. The fourth-order valence-corrected chi connectivity index (χ4v) is 7.50. The minimum absolute atomic E-state index is 1.01. The Hall–Kier alpha value is -5.19. The van der Waals surface area contributed by atoms with Crippen LogP contribution >= 0.6 is 11.3 Å². The van der Waals surface area contributed by atoms with Gasteiger partial charge in [0.2, 0.25) is 0 Å².